The van der Waals surface area contributed by atoms with E-state index in [2.05, 4.69) is 0 Å². The third-order valence-electron chi connectivity index (χ3n) is 6.62. The van der Waals surface area contributed by atoms with Crippen molar-refractivity contribution in [3.05, 3.63) is 93.0 Å². The average molecular weight is 569 g/mol. The number of nitrogens with zero attached hydrogens (tertiary/aromatic N) is 2. The van der Waals surface area contributed by atoms with Crippen molar-refractivity contribution >= 4 is 40.6 Å². The Balaban J connectivity index is 1.53. The lowest BCUT2D eigenvalue weighted by atomic mass is 9.96. The fraction of sp³-hybridized carbons (Fsp3) is 0.267. The lowest BCUT2D eigenvalue weighted by Gasteiger charge is -2.34. The summed E-state index contributed by atoms with van der Waals surface area (Å²) in [6, 6.07) is 16.5. The van der Waals surface area contributed by atoms with Crippen LogP contribution in [0.15, 0.2) is 60.7 Å². The lowest BCUT2D eigenvalue weighted by molar-refractivity contribution is -0.127. The van der Waals surface area contributed by atoms with Crippen molar-refractivity contribution in [1.82, 2.24) is 9.80 Å². The van der Waals surface area contributed by atoms with Gasteiger partial charge in [0.15, 0.2) is 11.5 Å². The highest BCUT2D eigenvalue weighted by atomic mass is 35.5. The van der Waals surface area contributed by atoms with Crippen LogP contribution in [0.4, 0.5) is 0 Å². The van der Waals surface area contributed by atoms with E-state index in [9.17, 15) is 9.59 Å². The molecular formula is C30H30Cl2N2O5. The van der Waals surface area contributed by atoms with Gasteiger partial charge in [-0.1, -0.05) is 59.1 Å². The van der Waals surface area contributed by atoms with E-state index in [0.717, 1.165) is 22.3 Å². The average Bonchev–Trinajstić information content (AvgIpc) is 2.96. The minimum Gasteiger partial charge on any atom is -0.493 e. The van der Waals surface area contributed by atoms with E-state index in [1.807, 2.05) is 37.3 Å². The predicted octanol–water partition coefficient (Wildman–Crippen LogP) is 5.74. The normalized spacial score (nSPS) is 13.7. The molecule has 4 rings (SSSR count). The first-order valence-corrected chi connectivity index (χ1v) is 13.1. The minimum absolute atomic E-state index is 0.141. The number of ether oxygens (including phenoxy) is 3. The standard InChI is InChI=1S/C30H30Cl2N2O5/c1-19-6-5-7-20(14-19)23(21-8-9-24(31)25(32)15-21)18-28(35)33-10-12-34(13-11-33)30(36)22-16-26(37-2)29(39-4)27(17-22)38-3/h5-9,14-18H,10-13H2,1-4H3/b23-18+. The Labute approximate surface area is 238 Å². The molecule has 0 bridgehead atoms. The van der Waals surface area contributed by atoms with Crippen molar-refractivity contribution in [2.24, 2.45) is 0 Å². The molecule has 0 unspecified atom stereocenters. The molecule has 0 radical (unpaired) electrons. The molecule has 0 saturated carbocycles. The second kappa shape index (κ2) is 12.5. The number of carbonyl (C=O) groups excluding carboxylic acids is 2. The van der Waals surface area contributed by atoms with Gasteiger partial charge in [0.25, 0.3) is 5.91 Å². The molecule has 3 aromatic rings. The van der Waals surface area contributed by atoms with Gasteiger partial charge in [-0.15, -0.1) is 0 Å². The maximum absolute atomic E-state index is 13.4. The van der Waals surface area contributed by atoms with Gasteiger partial charge in [0, 0.05) is 37.8 Å². The van der Waals surface area contributed by atoms with Gasteiger partial charge in [0.1, 0.15) is 0 Å². The predicted molar refractivity (Wildman–Crippen MR) is 153 cm³/mol. The van der Waals surface area contributed by atoms with Gasteiger partial charge >= 0.3 is 0 Å². The van der Waals surface area contributed by atoms with Gasteiger partial charge in [-0.25, -0.2) is 0 Å². The third-order valence-corrected chi connectivity index (χ3v) is 7.36. The Morgan fingerprint density at radius 3 is 1.92 bits per heavy atom. The molecule has 1 fully saturated rings. The smallest absolute Gasteiger partial charge is 0.254 e. The molecule has 7 nitrogen and oxygen atoms in total. The van der Waals surface area contributed by atoms with Crippen LogP contribution in [0.1, 0.15) is 27.0 Å². The zero-order valence-electron chi connectivity index (χ0n) is 22.3. The highest BCUT2D eigenvalue weighted by molar-refractivity contribution is 6.42. The van der Waals surface area contributed by atoms with Gasteiger partial charge < -0.3 is 24.0 Å². The van der Waals surface area contributed by atoms with Gasteiger partial charge in [-0.3, -0.25) is 9.59 Å². The van der Waals surface area contributed by atoms with Crippen molar-refractivity contribution in [2.45, 2.75) is 6.92 Å². The molecule has 0 spiro atoms. The molecule has 0 aromatic heterocycles. The maximum atomic E-state index is 13.4. The number of amides is 2. The van der Waals surface area contributed by atoms with Gasteiger partial charge in [0.05, 0.1) is 31.4 Å². The largest absolute Gasteiger partial charge is 0.493 e. The summed E-state index contributed by atoms with van der Waals surface area (Å²) in [5.74, 6) is 0.922. The summed E-state index contributed by atoms with van der Waals surface area (Å²) in [4.78, 5) is 30.2. The van der Waals surface area contributed by atoms with Crippen LogP contribution in [0, 0.1) is 6.92 Å². The topological polar surface area (TPSA) is 68.3 Å². The van der Waals surface area contributed by atoms with Gasteiger partial charge in [-0.2, -0.15) is 0 Å². The fourth-order valence-electron chi connectivity index (χ4n) is 4.54. The van der Waals surface area contributed by atoms with E-state index in [0.29, 0.717) is 59.0 Å². The van der Waals surface area contributed by atoms with Gasteiger partial charge in [0.2, 0.25) is 11.7 Å². The highest BCUT2D eigenvalue weighted by Gasteiger charge is 2.26. The van der Waals surface area contributed by atoms with Crippen LogP contribution in [-0.4, -0.2) is 69.1 Å². The van der Waals surface area contributed by atoms with Crippen LogP contribution in [-0.2, 0) is 4.79 Å². The second-order valence-corrected chi connectivity index (χ2v) is 9.90. The minimum atomic E-state index is -0.173. The summed E-state index contributed by atoms with van der Waals surface area (Å²) >= 11 is 12.4. The number of carbonyl (C=O) groups is 2. The molecule has 0 N–H and O–H groups in total. The summed E-state index contributed by atoms with van der Waals surface area (Å²) in [7, 11) is 4.53. The molecule has 39 heavy (non-hydrogen) atoms. The number of piperazine rings is 1. The maximum Gasteiger partial charge on any atom is 0.254 e. The molecule has 1 heterocycles. The molecule has 2 amide bonds. The van der Waals surface area contributed by atoms with Crippen LogP contribution >= 0.6 is 23.2 Å². The van der Waals surface area contributed by atoms with E-state index in [1.54, 1.807) is 40.1 Å². The summed E-state index contributed by atoms with van der Waals surface area (Å²) in [5.41, 5.74) is 3.94. The Hall–Kier alpha value is -3.68. The fourth-order valence-corrected chi connectivity index (χ4v) is 4.84. The lowest BCUT2D eigenvalue weighted by Crippen LogP contribution is -2.50. The van der Waals surface area contributed by atoms with Crippen LogP contribution in [0.2, 0.25) is 10.0 Å². The Kier molecular flexibility index (Phi) is 9.04. The summed E-state index contributed by atoms with van der Waals surface area (Å²) in [5, 5.41) is 0.863. The Morgan fingerprint density at radius 2 is 1.36 bits per heavy atom. The first kappa shape index (κ1) is 28.3. The zero-order chi connectivity index (χ0) is 28.1. The van der Waals surface area contributed by atoms with Crippen LogP contribution < -0.4 is 14.2 Å². The number of hydrogen-bond donors (Lipinski definition) is 0. The first-order valence-electron chi connectivity index (χ1n) is 12.4. The molecule has 0 atom stereocenters. The molecule has 204 valence electrons. The first-order chi connectivity index (χ1) is 18.7. The van der Waals surface area contributed by atoms with E-state index < -0.39 is 0 Å². The SMILES string of the molecule is COc1cc(C(=O)N2CCN(C(=O)/C=C(\c3cccc(C)c3)c3ccc(Cl)c(Cl)c3)CC2)cc(OC)c1OC. The number of methoxy groups -OCH3 is 3. The number of benzene rings is 3. The summed E-state index contributed by atoms with van der Waals surface area (Å²) in [6.07, 6.45) is 1.63. The van der Waals surface area contributed by atoms with Crippen LogP contribution in [0.5, 0.6) is 17.2 Å². The van der Waals surface area contributed by atoms with Crippen LogP contribution in [0.3, 0.4) is 0 Å². The molecule has 1 saturated heterocycles. The summed E-state index contributed by atoms with van der Waals surface area (Å²) in [6.45, 7) is 3.58. The quantitative estimate of drug-likeness (QED) is 0.340. The van der Waals surface area contributed by atoms with Crippen molar-refractivity contribution < 1.29 is 23.8 Å². The molecular weight excluding hydrogens is 539 g/mol. The van der Waals surface area contributed by atoms with E-state index in [4.69, 9.17) is 37.4 Å². The highest BCUT2D eigenvalue weighted by Crippen LogP contribution is 2.38. The number of halogens is 2. The van der Waals surface area contributed by atoms with Crippen molar-refractivity contribution in [2.75, 3.05) is 47.5 Å². The Morgan fingerprint density at radius 1 is 0.744 bits per heavy atom. The number of hydrogen-bond acceptors (Lipinski definition) is 5. The van der Waals surface area contributed by atoms with Crippen molar-refractivity contribution in [1.29, 1.82) is 0 Å². The monoisotopic (exact) mass is 568 g/mol. The molecule has 0 aliphatic carbocycles. The van der Waals surface area contributed by atoms with Gasteiger partial charge in [-0.05, 0) is 47.9 Å². The third kappa shape index (κ3) is 6.32. The second-order valence-electron chi connectivity index (χ2n) is 9.09. The van der Waals surface area contributed by atoms with E-state index in [-0.39, 0.29) is 11.8 Å². The van der Waals surface area contributed by atoms with Crippen molar-refractivity contribution in [3.63, 3.8) is 0 Å². The van der Waals surface area contributed by atoms with Crippen molar-refractivity contribution in [3.8, 4) is 17.2 Å². The molecule has 3 aromatic carbocycles. The zero-order valence-corrected chi connectivity index (χ0v) is 23.8. The van der Waals surface area contributed by atoms with Crippen LogP contribution in [0.25, 0.3) is 5.57 Å². The number of aryl methyl sites for hydroxylation is 1. The van der Waals surface area contributed by atoms with E-state index in [1.165, 1.54) is 21.3 Å². The molecule has 1 aliphatic rings. The summed E-state index contributed by atoms with van der Waals surface area (Å²) < 4.78 is 16.1. The van der Waals surface area contributed by atoms with E-state index >= 15 is 0 Å². The molecule has 9 heteroatoms. The Bertz CT molecular complexity index is 1390. The number of rotatable bonds is 7. The molecule has 1 aliphatic heterocycles.